The lowest BCUT2D eigenvalue weighted by Crippen LogP contribution is -2.08. The van der Waals surface area contributed by atoms with Gasteiger partial charge in [-0.2, -0.15) is 0 Å². The average molecular weight is 256 g/mol. The van der Waals surface area contributed by atoms with Crippen LogP contribution in [0.2, 0.25) is 0 Å². The van der Waals surface area contributed by atoms with E-state index in [9.17, 15) is 4.79 Å². The van der Waals surface area contributed by atoms with Gasteiger partial charge in [-0.1, -0.05) is 36.4 Å². The van der Waals surface area contributed by atoms with Crippen LogP contribution in [0.15, 0.2) is 48.5 Å². The molecular formula is C16H16O3. The minimum Gasteiger partial charge on any atom is -0.496 e. The molecule has 0 atom stereocenters. The number of Topliss-reactive ketones (excluding diaryl/α,β-unsaturated/α-hetero) is 1. The van der Waals surface area contributed by atoms with E-state index in [0.29, 0.717) is 23.5 Å². The van der Waals surface area contributed by atoms with Crippen LogP contribution in [0.5, 0.6) is 11.5 Å². The van der Waals surface area contributed by atoms with Crippen LogP contribution in [-0.2, 0) is 6.42 Å². The number of ketones is 1. The molecule has 0 unspecified atom stereocenters. The standard InChI is InChI=1S/C16H16O3/c1-18-14-9-6-10-15(19-2)16(14)13(17)11-12-7-4-3-5-8-12/h3-10H,11H2,1-2H3. The number of carbonyl (C=O) groups excluding carboxylic acids is 1. The lowest BCUT2D eigenvalue weighted by atomic mass is 10.0. The Morgan fingerprint density at radius 3 is 2.00 bits per heavy atom. The number of carbonyl (C=O) groups is 1. The molecule has 0 saturated heterocycles. The summed E-state index contributed by atoms with van der Waals surface area (Å²) >= 11 is 0. The second-order valence-corrected chi connectivity index (χ2v) is 4.12. The Morgan fingerprint density at radius 2 is 1.47 bits per heavy atom. The highest BCUT2D eigenvalue weighted by Crippen LogP contribution is 2.29. The highest BCUT2D eigenvalue weighted by Gasteiger charge is 2.18. The molecule has 0 aliphatic heterocycles. The minimum atomic E-state index is -0.0134. The molecule has 2 rings (SSSR count). The van der Waals surface area contributed by atoms with Gasteiger partial charge in [-0.05, 0) is 17.7 Å². The molecule has 0 aliphatic carbocycles. The summed E-state index contributed by atoms with van der Waals surface area (Å²) in [6.07, 6.45) is 0.331. The summed E-state index contributed by atoms with van der Waals surface area (Å²) in [4.78, 5) is 12.4. The zero-order valence-electron chi connectivity index (χ0n) is 11.1. The van der Waals surface area contributed by atoms with Gasteiger partial charge in [-0.25, -0.2) is 0 Å². The molecule has 0 heterocycles. The van der Waals surface area contributed by atoms with Crippen molar-refractivity contribution in [3.05, 3.63) is 59.7 Å². The number of rotatable bonds is 5. The summed E-state index contributed by atoms with van der Waals surface area (Å²) in [6, 6.07) is 15.0. The number of benzene rings is 2. The monoisotopic (exact) mass is 256 g/mol. The van der Waals surface area contributed by atoms with E-state index in [1.165, 1.54) is 0 Å². The quantitative estimate of drug-likeness (QED) is 0.771. The first-order chi connectivity index (χ1) is 9.26. The van der Waals surface area contributed by atoms with Gasteiger partial charge in [-0.15, -0.1) is 0 Å². The first-order valence-electron chi connectivity index (χ1n) is 6.04. The third-order valence-corrected chi connectivity index (χ3v) is 2.91. The van der Waals surface area contributed by atoms with Gasteiger partial charge in [0.2, 0.25) is 0 Å². The Hall–Kier alpha value is -2.29. The fraction of sp³-hybridized carbons (Fsp3) is 0.188. The van der Waals surface area contributed by atoms with Gasteiger partial charge < -0.3 is 9.47 Å². The summed E-state index contributed by atoms with van der Waals surface area (Å²) in [5.41, 5.74) is 1.47. The SMILES string of the molecule is COc1cccc(OC)c1C(=O)Cc1ccccc1. The maximum absolute atomic E-state index is 12.4. The van der Waals surface area contributed by atoms with Crippen molar-refractivity contribution in [3.8, 4) is 11.5 Å². The summed E-state index contributed by atoms with van der Waals surface area (Å²) in [7, 11) is 3.10. The molecule has 0 fully saturated rings. The van der Waals surface area contributed by atoms with E-state index >= 15 is 0 Å². The Morgan fingerprint density at radius 1 is 0.895 bits per heavy atom. The maximum Gasteiger partial charge on any atom is 0.174 e. The molecule has 0 amide bonds. The van der Waals surface area contributed by atoms with Gasteiger partial charge in [-0.3, -0.25) is 4.79 Å². The summed E-state index contributed by atoms with van der Waals surface area (Å²) in [6.45, 7) is 0. The summed E-state index contributed by atoms with van der Waals surface area (Å²) in [5, 5.41) is 0. The van der Waals surface area contributed by atoms with Crippen LogP contribution in [0.3, 0.4) is 0 Å². The molecule has 0 aromatic heterocycles. The Kier molecular flexibility index (Phi) is 4.18. The summed E-state index contributed by atoms with van der Waals surface area (Å²) < 4.78 is 10.5. The molecule has 0 radical (unpaired) electrons. The second kappa shape index (κ2) is 6.05. The lowest BCUT2D eigenvalue weighted by molar-refractivity contribution is 0.0987. The van der Waals surface area contributed by atoms with Crippen LogP contribution >= 0.6 is 0 Å². The fourth-order valence-corrected chi connectivity index (χ4v) is 2.00. The molecule has 2 aromatic rings. The van der Waals surface area contributed by atoms with Crippen LogP contribution in [0.25, 0.3) is 0 Å². The Labute approximate surface area is 112 Å². The Bertz CT molecular complexity index is 539. The van der Waals surface area contributed by atoms with E-state index in [2.05, 4.69) is 0 Å². The number of ether oxygens (including phenoxy) is 2. The Balaban J connectivity index is 2.33. The van der Waals surface area contributed by atoms with E-state index < -0.39 is 0 Å². The van der Waals surface area contributed by atoms with Crippen molar-refractivity contribution in [3.63, 3.8) is 0 Å². The van der Waals surface area contributed by atoms with Gasteiger partial charge in [0, 0.05) is 6.42 Å². The third kappa shape index (κ3) is 2.94. The van der Waals surface area contributed by atoms with E-state index in [-0.39, 0.29) is 5.78 Å². The zero-order valence-corrected chi connectivity index (χ0v) is 11.1. The molecule has 3 nitrogen and oxygen atoms in total. The number of hydrogen-bond donors (Lipinski definition) is 0. The normalized spacial score (nSPS) is 10.0. The molecule has 3 heteroatoms. The average Bonchev–Trinajstić information content (AvgIpc) is 2.47. The molecule has 2 aromatic carbocycles. The van der Waals surface area contributed by atoms with Crippen LogP contribution in [0.4, 0.5) is 0 Å². The van der Waals surface area contributed by atoms with E-state index in [1.807, 2.05) is 30.3 Å². The van der Waals surface area contributed by atoms with E-state index in [0.717, 1.165) is 5.56 Å². The molecule has 0 bridgehead atoms. The van der Waals surface area contributed by atoms with Crippen molar-refractivity contribution >= 4 is 5.78 Å². The van der Waals surface area contributed by atoms with Crippen molar-refractivity contribution in [2.24, 2.45) is 0 Å². The van der Waals surface area contributed by atoms with Gasteiger partial charge in [0.15, 0.2) is 5.78 Å². The fourth-order valence-electron chi connectivity index (χ4n) is 2.00. The van der Waals surface area contributed by atoms with Crippen molar-refractivity contribution < 1.29 is 14.3 Å². The van der Waals surface area contributed by atoms with Crippen molar-refractivity contribution in [2.75, 3.05) is 14.2 Å². The molecule has 0 spiro atoms. The van der Waals surface area contributed by atoms with Crippen LogP contribution in [0.1, 0.15) is 15.9 Å². The molecule has 0 aliphatic rings. The number of hydrogen-bond acceptors (Lipinski definition) is 3. The van der Waals surface area contributed by atoms with Gasteiger partial charge in [0.1, 0.15) is 17.1 Å². The van der Waals surface area contributed by atoms with Gasteiger partial charge in [0.05, 0.1) is 14.2 Å². The highest BCUT2D eigenvalue weighted by atomic mass is 16.5. The summed E-state index contributed by atoms with van der Waals surface area (Å²) in [5.74, 6) is 1.07. The van der Waals surface area contributed by atoms with Crippen LogP contribution in [-0.4, -0.2) is 20.0 Å². The van der Waals surface area contributed by atoms with Crippen molar-refractivity contribution in [1.82, 2.24) is 0 Å². The molecular weight excluding hydrogens is 240 g/mol. The van der Waals surface area contributed by atoms with Gasteiger partial charge in [0.25, 0.3) is 0 Å². The number of methoxy groups -OCH3 is 2. The predicted octanol–water partition coefficient (Wildman–Crippen LogP) is 3.13. The zero-order chi connectivity index (χ0) is 13.7. The highest BCUT2D eigenvalue weighted by molar-refractivity contribution is 6.02. The van der Waals surface area contributed by atoms with E-state index in [4.69, 9.17) is 9.47 Å². The molecule has 19 heavy (non-hydrogen) atoms. The molecule has 0 saturated carbocycles. The second-order valence-electron chi connectivity index (χ2n) is 4.12. The van der Waals surface area contributed by atoms with Crippen LogP contribution in [0, 0.1) is 0 Å². The minimum absolute atomic E-state index is 0.0134. The third-order valence-electron chi connectivity index (χ3n) is 2.91. The maximum atomic E-state index is 12.4. The molecule has 98 valence electrons. The first kappa shape index (κ1) is 13.1. The molecule has 0 N–H and O–H groups in total. The first-order valence-corrected chi connectivity index (χ1v) is 6.04. The van der Waals surface area contributed by atoms with Crippen molar-refractivity contribution in [1.29, 1.82) is 0 Å². The van der Waals surface area contributed by atoms with Gasteiger partial charge >= 0.3 is 0 Å². The van der Waals surface area contributed by atoms with E-state index in [1.54, 1.807) is 32.4 Å². The smallest absolute Gasteiger partial charge is 0.174 e. The largest absolute Gasteiger partial charge is 0.496 e. The van der Waals surface area contributed by atoms with Crippen LogP contribution < -0.4 is 9.47 Å². The topological polar surface area (TPSA) is 35.5 Å². The predicted molar refractivity (Wildman–Crippen MR) is 74.0 cm³/mol. The lowest BCUT2D eigenvalue weighted by Gasteiger charge is -2.12. The van der Waals surface area contributed by atoms with Crippen molar-refractivity contribution in [2.45, 2.75) is 6.42 Å².